The van der Waals surface area contributed by atoms with Crippen molar-refractivity contribution >= 4 is 38.5 Å². The van der Waals surface area contributed by atoms with Crippen LogP contribution < -0.4 is 19.5 Å². The lowest BCUT2D eigenvalue weighted by Crippen LogP contribution is -2.56. The molecule has 1 saturated heterocycles. The Balaban J connectivity index is 1.28. The van der Waals surface area contributed by atoms with Crippen molar-refractivity contribution in [3.8, 4) is 11.6 Å². The van der Waals surface area contributed by atoms with Crippen LogP contribution in [-0.4, -0.2) is 72.1 Å². The molecule has 1 aromatic carbocycles. The molecule has 6 rings (SSSR count). The van der Waals surface area contributed by atoms with Crippen LogP contribution in [-0.2, 0) is 24.4 Å². The lowest BCUT2D eigenvalue weighted by atomic mass is 9.91. The maximum Gasteiger partial charge on any atom is 0.259 e. The van der Waals surface area contributed by atoms with Gasteiger partial charge in [-0.1, -0.05) is 26.0 Å². The van der Waals surface area contributed by atoms with Crippen molar-refractivity contribution < 1.29 is 36.7 Å². The average molecular weight is 671 g/mol. The molecule has 254 valence electrons. The number of hydrogen-bond donors (Lipinski definition) is 2. The molecule has 2 N–H and O–H groups in total. The van der Waals surface area contributed by atoms with E-state index in [0.29, 0.717) is 36.1 Å². The zero-order valence-electron chi connectivity index (χ0n) is 27.0. The first-order valence-electron chi connectivity index (χ1n) is 16.6. The Hall–Kier alpha value is -3.74. The predicted molar refractivity (Wildman–Crippen MR) is 172 cm³/mol. The second-order valence-electron chi connectivity index (χ2n) is 13.7. The molecule has 2 saturated carbocycles. The minimum absolute atomic E-state index is 0.0793. The van der Waals surface area contributed by atoms with Crippen LogP contribution in [0.25, 0.3) is 10.8 Å². The predicted octanol–water partition coefficient (Wildman–Crippen LogP) is 4.01. The first-order valence-corrected chi connectivity index (χ1v) is 18.2. The summed E-state index contributed by atoms with van der Waals surface area (Å²) < 4.78 is 54.1. The van der Waals surface area contributed by atoms with E-state index in [0.717, 1.165) is 19.3 Å². The number of carbonyl (C=O) groups is 3. The first-order chi connectivity index (χ1) is 22.4. The first kappa shape index (κ1) is 33.2. The highest BCUT2D eigenvalue weighted by Gasteiger charge is 2.62. The Labute approximate surface area is 274 Å². The number of rotatable bonds is 7. The van der Waals surface area contributed by atoms with E-state index in [4.69, 9.17) is 9.47 Å². The number of sulfonamides is 1. The molecule has 3 fully saturated rings. The van der Waals surface area contributed by atoms with Crippen LogP contribution in [0.4, 0.5) is 4.39 Å². The van der Waals surface area contributed by atoms with E-state index in [-0.39, 0.29) is 55.2 Å². The van der Waals surface area contributed by atoms with Gasteiger partial charge in [-0.05, 0) is 80.9 Å². The van der Waals surface area contributed by atoms with Gasteiger partial charge >= 0.3 is 0 Å². The third kappa shape index (κ3) is 7.09. The van der Waals surface area contributed by atoms with Crippen molar-refractivity contribution in [1.82, 2.24) is 19.9 Å². The molecule has 3 amide bonds. The van der Waals surface area contributed by atoms with Gasteiger partial charge in [0.1, 0.15) is 17.7 Å². The number of allylic oxidation sites excluding steroid dienone is 1. The Kier molecular flexibility index (Phi) is 9.21. The molecule has 11 nitrogen and oxygen atoms in total. The number of fused-ring (bicyclic) bond motifs is 3. The Morgan fingerprint density at radius 3 is 2.70 bits per heavy atom. The summed E-state index contributed by atoms with van der Waals surface area (Å²) in [7, 11) is -3.84. The Morgan fingerprint density at radius 1 is 1.17 bits per heavy atom. The number of nitrogens with one attached hydrogen (secondary N) is 2. The van der Waals surface area contributed by atoms with Gasteiger partial charge in [0, 0.05) is 30.3 Å². The smallest absolute Gasteiger partial charge is 0.259 e. The third-order valence-electron chi connectivity index (χ3n) is 9.73. The van der Waals surface area contributed by atoms with Crippen LogP contribution >= 0.6 is 0 Å². The van der Waals surface area contributed by atoms with Gasteiger partial charge in [0.15, 0.2) is 11.6 Å². The van der Waals surface area contributed by atoms with Crippen molar-refractivity contribution in [1.29, 1.82) is 0 Å². The Morgan fingerprint density at radius 2 is 1.96 bits per heavy atom. The second-order valence-corrected chi connectivity index (χ2v) is 15.7. The lowest BCUT2D eigenvalue weighted by molar-refractivity contribution is -0.140. The quantitative estimate of drug-likeness (QED) is 0.421. The fraction of sp³-hybridized carbons (Fsp3) is 0.588. The molecule has 6 atom stereocenters. The molecule has 1 aromatic heterocycles. The van der Waals surface area contributed by atoms with Crippen molar-refractivity contribution in [2.24, 2.45) is 17.8 Å². The van der Waals surface area contributed by atoms with Gasteiger partial charge in [-0.15, -0.1) is 0 Å². The summed E-state index contributed by atoms with van der Waals surface area (Å²) in [6, 6.07) is 3.63. The fourth-order valence-electron chi connectivity index (χ4n) is 6.98. The highest BCUT2D eigenvalue weighted by molar-refractivity contribution is 7.91. The number of amides is 3. The number of aromatic nitrogens is 1. The summed E-state index contributed by atoms with van der Waals surface area (Å²) in [6.45, 7) is 6.34. The summed E-state index contributed by atoms with van der Waals surface area (Å²) >= 11 is 0. The molecular weight excluding hydrogens is 627 g/mol. The van der Waals surface area contributed by atoms with Crippen molar-refractivity contribution in [2.75, 3.05) is 13.2 Å². The molecule has 2 aliphatic carbocycles. The lowest BCUT2D eigenvalue weighted by Gasteiger charge is -2.27. The van der Waals surface area contributed by atoms with Crippen molar-refractivity contribution in [3.63, 3.8) is 0 Å². The molecule has 13 heteroatoms. The zero-order valence-corrected chi connectivity index (χ0v) is 27.9. The second kappa shape index (κ2) is 13.0. The van der Waals surface area contributed by atoms with Crippen LogP contribution in [0.2, 0.25) is 0 Å². The molecule has 0 spiro atoms. The van der Waals surface area contributed by atoms with Gasteiger partial charge in [-0.3, -0.25) is 19.1 Å². The molecule has 4 aliphatic rings. The molecule has 0 bridgehead atoms. The maximum absolute atomic E-state index is 14.8. The summed E-state index contributed by atoms with van der Waals surface area (Å²) in [5.74, 6) is -1.73. The molecule has 2 aliphatic heterocycles. The number of carbonyl (C=O) groups excluding carboxylic acids is 3. The van der Waals surface area contributed by atoms with Crippen molar-refractivity contribution in [3.05, 3.63) is 42.4 Å². The van der Waals surface area contributed by atoms with Crippen LogP contribution in [0, 0.1) is 23.6 Å². The van der Waals surface area contributed by atoms with Gasteiger partial charge in [0.05, 0.1) is 18.4 Å². The number of benzene rings is 1. The largest absolute Gasteiger partial charge is 0.491 e. The number of ether oxygens (including phenoxy) is 2. The number of halogens is 1. The van der Waals surface area contributed by atoms with Gasteiger partial charge < -0.3 is 19.7 Å². The van der Waals surface area contributed by atoms with E-state index in [9.17, 15) is 27.2 Å². The van der Waals surface area contributed by atoms with Gasteiger partial charge in [0.2, 0.25) is 27.7 Å². The number of hydrogen-bond acceptors (Lipinski definition) is 8. The third-order valence-corrected chi connectivity index (χ3v) is 11.5. The normalized spacial score (nSPS) is 30.7. The van der Waals surface area contributed by atoms with Crippen LogP contribution in [0.15, 0.2) is 36.5 Å². The topological polar surface area (TPSA) is 144 Å². The highest BCUT2D eigenvalue weighted by Crippen LogP contribution is 2.46. The highest BCUT2D eigenvalue weighted by atomic mass is 32.2. The van der Waals surface area contributed by atoms with E-state index >= 15 is 0 Å². The van der Waals surface area contributed by atoms with Crippen LogP contribution in [0.5, 0.6) is 11.6 Å². The van der Waals surface area contributed by atoms with Crippen molar-refractivity contribution in [2.45, 2.75) is 95.1 Å². The molecule has 0 radical (unpaired) electrons. The van der Waals surface area contributed by atoms with E-state index in [1.807, 2.05) is 19.1 Å². The summed E-state index contributed by atoms with van der Waals surface area (Å²) in [5.41, 5.74) is -1.44. The van der Waals surface area contributed by atoms with Gasteiger partial charge in [-0.2, -0.15) is 0 Å². The van der Waals surface area contributed by atoms with E-state index in [1.54, 1.807) is 25.3 Å². The minimum atomic E-state index is -3.84. The van der Waals surface area contributed by atoms with Gasteiger partial charge in [0.25, 0.3) is 5.91 Å². The van der Waals surface area contributed by atoms with Crippen LogP contribution in [0.1, 0.15) is 72.1 Å². The minimum Gasteiger partial charge on any atom is -0.491 e. The Bertz CT molecular complexity index is 1700. The SMILES string of the molecule is CCOc1cc2ccnc(O[C@@H]3C[C@H]4C(=O)N[C@]5(C(=O)NS(=O)(=O)C6CC6)CC5/C=C\CC[C@@H](C)C[C@@H](C)CC(=O)N4C3)c2cc1F. The molecular formula is C34H43FN4O7S. The molecule has 3 heterocycles. The molecule has 2 aromatic rings. The van der Waals surface area contributed by atoms with Crippen LogP contribution in [0.3, 0.4) is 0 Å². The summed E-state index contributed by atoms with van der Waals surface area (Å²) in [4.78, 5) is 47.2. The summed E-state index contributed by atoms with van der Waals surface area (Å²) in [5, 5.41) is 3.36. The maximum atomic E-state index is 14.8. The monoisotopic (exact) mass is 670 g/mol. The number of nitrogens with zero attached hydrogens (tertiary/aromatic N) is 2. The number of pyridine rings is 1. The fourth-order valence-corrected chi connectivity index (χ4v) is 8.35. The standard InChI is InChI=1S/C34H43FN4O7S/c1-4-45-29-15-22-11-12-36-32(26(22)17-27(29)35)46-24-16-28-31(41)37-34(33(42)38-47(43,44)25-9-10-25)18-23(34)8-6-5-7-20(2)13-21(3)14-30(40)39(28)19-24/h6,8,11-12,15,17,20-21,23-25,28H,4-5,7,9-10,13-14,16,18-19H2,1-3H3,(H,37,41)(H,38,42)/b8-6-/t20-,21-,23?,24-,28+,34-/m1/s1. The van der Waals surface area contributed by atoms with E-state index < -0.39 is 50.6 Å². The average Bonchev–Trinajstić information content (AvgIpc) is 3.93. The zero-order chi connectivity index (χ0) is 33.5. The molecule has 1 unspecified atom stereocenters. The van der Waals surface area contributed by atoms with Gasteiger partial charge in [-0.25, -0.2) is 17.8 Å². The van der Waals surface area contributed by atoms with E-state index in [1.165, 1.54) is 11.0 Å². The summed E-state index contributed by atoms with van der Waals surface area (Å²) in [6.07, 6.45) is 8.89. The van der Waals surface area contributed by atoms with E-state index in [2.05, 4.69) is 21.9 Å². The molecule has 47 heavy (non-hydrogen) atoms.